The fraction of sp³-hybridized carbons (Fsp3) is 0.400. The van der Waals surface area contributed by atoms with Crippen molar-refractivity contribution in [3.63, 3.8) is 0 Å². The molecule has 0 aliphatic rings. The highest BCUT2D eigenvalue weighted by Crippen LogP contribution is 2.14. The highest BCUT2D eigenvalue weighted by atomic mass is 19.3. The number of rotatable bonds is 1. The molecule has 0 saturated carbocycles. The van der Waals surface area contributed by atoms with Crippen molar-refractivity contribution in [3.8, 4) is 0 Å². The number of halogens is 2. The van der Waals surface area contributed by atoms with Gasteiger partial charge in [-0.05, 0) is 0 Å². The van der Waals surface area contributed by atoms with Gasteiger partial charge >= 0.3 is 0 Å². The molecule has 0 aliphatic heterocycles. The molecular formula is C5H6F2N2. The average molecular weight is 132 g/mol. The standard InChI is InChI=1S/C5H6F2N2/c1-9-2-4(5(6)7)8-3-9/h2-3,5H,1H3. The second-order valence-electron chi connectivity index (χ2n) is 1.76. The monoisotopic (exact) mass is 132 g/mol. The minimum Gasteiger partial charge on any atom is -0.340 e. The van der Waals surface area contributed by atoms with Crippen molar-refractivity contribution in [2.45, 2.75) is 6.43 Å². The molecule has 0 radical (unpaired) electrons. The zero-order valence-electron chi connectivity index (χ0n) is 4.88. The zero-order chi connectivity index (χ0) is 6.85. The van der Waals surface area contributed by atoms with E-state index in [1.54, 1.807) is 7.05 Å². The lowest BCUT2D eigenvalue weighted by Crippen LogP contribution is -1.82. The fourth-order valence-electron chi connectivity index (χ4n) is 0.546. The summed E-state index contributed by atoms with van der Waals surface area (Å²) in [4.78, 5) is 3.43. The van der Waals surface area contributed by atoms with Crippen molar-refractivity contribution in [2.24, 2.45) is 7.05 Å². The Bertz CT molecular complexity index is 195. The molecule has 50 valence electrons. The lowest BCUT2D eigenvalue weighted by atomic mass is 10.5. The third-order valence-corrected chi connectivity index (χ3v) is 0.948. The third kappa shape index (κ3) is 1.25. The maximum absolute atomic E-state index is 11.7. The molecule has 1 heterocycles. The Morgan fingerprint density at radius 1 is 1.67 bits per heavy atom. The Morgan fingerprint density at radius 3 is 2.56 bits per heavy atom. The Labute approximate surface area is 51.1 Å². The molecule has 0 spiro atoms. The highest BCUT2D eigenvalue weighted by molar-refractivity contribution is 4.96. The molecule has 0 bridgehead atoms. The second-order valence-corrected chi connectivity index (χ2v) is 1.76. The number of alkyl halides is 2. The van der Waals surface area contributed by atoms with E-state index in [0.29, 0.717) is 0 Å². The van der Waals surface area contributed by atoms with Gasteiger partial charge in [-0.15, -0.1) is 0 Å². The third-order valence-electron chi connectivity index (χ3n) is 0.948. The Kier molecular flexibility index (Phi) is 1.46. The van der Waals surface area contributed by atoms with Crippen molar-refractivity contribution in [1.82, 2.24) is 9.55 Å². The van der Waals surface area contributed by atoms with Crippen LogP contribution in [0.25, 0.3) is 0 Å². The maximum atomic E-state index is 11.7. The van der Waals surface area contributed by atoms with E-state index in [0.717, 1.165) is 0 Å². The topological polar surface area (TPSA) is 17.8 Å². The van der Waals surface area contributed by atoms with Crippen LogP contribution in [-0.2, 0) is 7.05 Å². The van der Waals surface area contributed by atoms with Crippen LogP contribution < -0.4 is 0 Å². The second kappa shape index (κ2) is 2.13. The summed E-state index contributed by atoms with van der Waals surface area (Å²) in [6.07, 6.45) is 0.192. The molecule has 1 rings (SSSR count). The van der Waals surface area contributed by atoms with Crippen LogP contribution in [0.15, 0.2) is 12.5 Å². The van der Waals surface area contributed by atoms with Gasteiger partial charge in [0.05, 0.1) is 6.33 Å². The van der Waals surface area contributed by atoms with Crippen molar-refractivity contribution < 1.29 is 8.78 Å². The quantitative estimate of drug-likeness (QED) is 0.564. The molecule has 9 heavy (non-hydrogen) atoms. The molecule has 0 amide bonds. The van der Waals surface area contributed by atoms with Crippen molar-refractivity contribution >= 4 is 0 Å². The molecule has 0 aromatic carbocycles. The van der Waals surface area contributed by atoms with E-state index in [4.69, 9.17) is 0 Å². The van der Waals surface area contributed by atoms with Crippen molar-refractivity contribution in [3.05, 3.63) is 18.2 Å². The van der Waals surface area contributed by atoms with Gasteiger partial charge < -0.3 is 4.57 Å². The summed E-state index contributed by atoms with van der Waals surface area (Å²) in [6.45, 7) is 0. The van der Waals surface area contributed by atoms with E-state index in [2.05, 4.69) is 4.98 Å². The van der Waals surface area contributed by atoms with Crippen LogP contribution in [0.4, 0.5) is 8.78 Å². The number of hydrogen-bond donors (Lipinski definition) is 0. The SMILES string of the molecule is Cn1cnc(C(F)F)c1. The van der Waals surface area contributed by atoms with E-state index in [1.807, 2.05) is 0 Å². The summed E-state index contributed by atoms with van der Waals surface area (Å²) < 4.78 is 24.9. The minimum absolute atomic E-state index is 0.169. The fourth-order valence-corrected chi connectivity index (χ4v) is 0.546. The first-order chi connectivity index (χ1) is 4.20. The molecule has 0 N–H and O–H groups in total. The van der Waals surface area contributed by atoms with Crippen LogP contribution in [0.2, 0.25) is 0 Å². The summed E-state index contributed by atoms with van der Waals surface area (Å²) in [6, 6.07) is 0. The number of nitrogens with zero attached hydrogens (tertiary/aromatic N) is 2. The Morgan fingerprint density at radius 2 is 2.33 bits per heavy atom. The van der Waals surface area contributed by atoms with Gasteiger partial charge in [0, 0.05) is 13.2 Å². The smallest absolute Gasteiger partial charge is 0.281 e. The molecule has 0 saturated heterocycles. The van der Waals surface area contributed by atoms with Gasteiger partial charge in [0.15, 0.2) is 0 Å². The molecule has 0 atom stereocenters. The Hall–Kier alpha value is -0.930. The first-order valence-electron chi connectivity index (χ1n) is 2.46. The van der Waals surface area contributed by atoms with Crippen molar-refractivity contribution in [1.29, 1.82) is 0 Å². The largest absolute Gasteiger partial charge is 0.340 e. The van der Waals surface area contributed by atoms with Gasteiger partial charge in [0.1, 0.15) is 5.69 Å². The number of imidazole rings is 1. The molecule has 0 unspecified atom stereocenters. The lowest BCUT2D eigenvalue weighted by molar-refractivity contribution is 0.146. The lowest BCUT2D eigenvalue weighted by Gasteiger charge is -1.87. The number of aromatic nitrogens is 2. The molecule has 2 nitrogen and oxygen atoms in total. The van der Waals surface area contributed by atoms with Crippen LogP contribution in [0.1, 0.15) is 12.1 Å². The molecule has 4 heteroatoms. The van der Waals surface area contributed by atoms with Gasteiger partial charge in [-0.25, -0.2) is 13.8 Å². The van der Waals surface area contributed by atoms with Crippen LogP contribution >= 0.6 is 0 Å². The van der Waals surface area contributed by atoms with E-state index >= 15 is 0 Å². The van der Waals surface area contributed by atoms with Crippen LogP contribution in [0.3, 0.4) is 0 Å². The van der Waals surface area contributed by atoms with E-state index in [1.165, 1.54) is 17.1 Å². The minimum atomic E-state index is -2.45. The first kappa shape index (κ1) is 6.19. The van der Waals surface area contributed by atoms with Crippen LogP contribution in [-0.4, -0.2) is 9.55 Å². The zero-order valence-corrected chi connectivity index (χ0v) is 4.88. The molecule has 0 aliphatic carbocycles. The predicted molar refractivity (Wildman–Crippen MR) is 28.2 cm³/mol. The predicted octanol–water partition coefficient (Wildman–Crippen LogP) is 1.36. The van der Waals surface area contributed by atoms with Gasteiger partial charge in [0.25, 0.3) is 6.43 Å². The first-order valence-corrected chi connectivity index (χ1v) is 2.46. The van der Waals surface area contributed by atoms with Gasteiger partial charge in [-0.3, -0.25) is 0 Å². The number of aryl methyl sites for hydroxylation is 1. The molecule has 1 aromatic heterocycles. The van der Waals surface area contributed by atoms with Crippen LogP contribution in [0.5, 0.6) is 0 Å². The highest BCUT2D eigenvalue weighted by Gasteiger charge is 2.07. The molecule has 0 fully saturated rings. The van der Waals surface area contributed by atoms with E-state index in [-0.39, 0.29) is 5.69 Å². The summed E-state index contributed by atoms with van der Waals surface area (Å²) in [5.74, 6) is 0. The Balaban J connectivity index is 2.85. The summed E-state index contributed by atoms with van der Waals surface area (Å²) in [7, 11) is 1.65. The maximum Gasteiger partial charge on any atom is 0.281 e. The average Bonchev–Trinajstić information content (AvgIpc) is 2.14. The summed E-state index contributed by atoms with van der Waals surface area (Å²) in [5, 5.41) is 0. The summed E-state index contributed by atoms with van der Waals surface area (Å²) in [5.41, 5.74) is -0.169. The number of hydrogen-bond acceptors (Lipinski definition) is 1. The van der Waals surface area contributed by atoms with E-state index < -0.39 is 6.43 Å². The van der Waals surface area contributed by atoms with Gasteiger partial charge in [-0.1, -0.05) is 0 Å². The molecular weight excluding hydrogens is 126 g/mol. The normalized spacial score (nSPS) is 10.7. The van der Waals surface area contributed by atoms with E-state index in [9.17, 15) is 8.78 Å². The molecule has 1 aromatic rings. The van der Waals surface area contributed by atoms with Crippen LogP contribution in [0, 0.1) is 0 Å². The summed E-state index contributed by atoms with van der Waals surface area (Å²) >= 11 is 0. The van der Waals surface area contributed by atoms with Gasteiger partial charge in [0.2, 0.25) is 0 Å². The van der Waals surface area contributed by atoms with Crippen molar-refractivity contribution in [2.75, 3.05) is 0 Å². The van der Waals surface area contributed by atoms with Gasteiger partial charge in [-0.2, -0.15) is 0 Å².